The van der Waals surface area contributed by atoms with Gasteiger partial charge in [0.2, 0.25) is 0 Å². The van der Waals surface area contributed by atoms with Crippen molar-refractivity contribution in [1.29, 1.82) is 0 Å². The summed E-state index contributed by atoms with van der Waals surface area (Å²) in [6, 6.07) is 2.23. The highest BCUT2D eigenvalue weighted by molar-refractivity contribution is 7.12. The van der Waals surface area contributed by atoms with E-state index in [1.807, 2.05) is 16.3 Å². The number of rotatable bonds is 5. The molecule has 1 fully saturated rings. The van der Waals surface area contributed by atoms with E-state index in [4.69, 9.17) is 4.74 Å². The van der Waals surface area contributed by atoms with Gasteiger partial charge in [-0.1, -0.05) is 6.92 Å². The van der Waals surface area contributed by atoms with Gasteiger partial charge in [0.1, 0.15) is 10.6 Å². The topological polar surface area (TPSA) is 41.6 Å². The third kappa shape index (κ3) is 3.28. The summed E-state index contributed by atoms with van der Waals surface area (Å²) < 4.78 is 5.27. The first-order chi connectivity index (χ1) is 9.27. The largest absolute Gasteiger partial charge is 0.495 e. The Bertz CT molecular complexity index is 413. The summed E-state index contributed by atoms with van der Waals surface area (Å²) in [7, 11) is 1.62. The van der Waals surface area contributed by atoms with Crippen LogP contribution in [0.1, 0.15) is 35.9 Å². The molecular formula is C14H22N2O2S. The third-order valence-electron chi connectivity index (χ3n) is 3.52. The van der Waals surface area contributed by atoms with Crippen molar-refractivity contribution in [3.63, 3.8) is 0 Å². The fourth-order valence-electron chi connectivity index (χ4n) is 2.55. The maximum absolute atomic E-state index is 12.7. The predicted octanol–water partition coefficient (Wildman–Crippen LogP) is 2.36. The minimum Gasteiger partial charge on any atom is -0.495 e. The Morgan fingerprint density at radius 1 is 1.53 bits per heavy atom. The Morgan fingerprint density at radius 3 is 2.89 bits per heavy atom. The number of nitrogens with zero attached hydrogens (tertiary/aromatic N) is 1. The molecule has 1 aliphatic heterocycles. The molecular weight excluding hydrogens is 260 g/mol. The Kier molecular flexibility index (Phi) is 5.22. The number of methoxy groups -OCH3 is 1. The molecule has 2 rings (SSSR count). The number of amides is 1. The van der Waals surface area contributed by atoms with Crippen LogP contribution in [-0.2, 0) is 0 Å². The first-order valence-electron chi connectivity index (χ1n) is 6.91. The molecule has 1 N–H and O–H groups in total. The lowest BCUT2D eigenvalue weighted by atomic mass is 10.0. The normalized spacial score (nSPS) is 16.3. The molecule has 19 heavy (non-hydrogen) atoms. The summed E-state index contributed by atoms with van der Waals surface area (Å²) >= 11 is 1.47. The molecule has 0 unspecified atom stereocenters. The van der Waals surface area contributed by atoms with E-state index in [1.54, 1.807) is 7.11 Å². The predicted molar refractivity (Wildman–Crippen MR) is 78.1 cm³/mol. The van der Waals surface area contributed by atoms with Crippen molar-refractivity contribution in [1.82, 2.24) is 10.2 Å². The van der Waals surface area contributed by atoms with E-state index in [1.165, 1.54) is 11.3 Å². The highest BCUT2D eigenvalue weighted by Crippen LogP contribution is 2.27. The van der Waals surface area contributed by atoms with Crippen molar-refractivity contribution in [3.05, 3.63) is 16.3 Å². The van der Waals surface area contributed by atoms with Crippen molar-refractivity contribution in [2.24, 2.45) is 0 Å². The van der Waals surface area contributed by atoms with Crippen molar-refractivity contribution < 1.29 is 9.53 Å². The fraction of sp³-hybridized carbons (Fsp3) is 0.643. The van der Waals surface area contributed by atoms with E-state index in [0.717, 1.165) is 43.8 Å². The average molecular weight is 282 g/mol. The van der Waals surface area contributed by atoms with Gasteiger partial charge < -0.3 is 15.0 Å². The summed E-state index contributed by atoms with van der Waals surface area (Å²) in [6.07, 6.45) is 3.07. The summed E-state index contributed by atoms with van der Waals surface area (Å²) in [5, 5.41) is 5.26. The Labute approximate surface area is 118 Å². The van der Waals surface area contributed by atoms with Gasteiger partial charge >= 0.3 is 0 Å². The number of thiophene rings is 1. The van der Waals surface area contributed by atoms with Crippen LogP contribution in [0.4, 0.5) is 0 Å². The molecule has 2 heterocycles. The molecule has 0 atom stereocenters. The SMILES string of the molecule is CCCN(C(=O)c1sccc1OC)C1CCNCC1. The number of carbonyl (C=O) groups excluding carboxylic acids is 1. The first kappa shape index (κ1) is 14.3. The van der Waals surface area contributed by atoms with Crippen LogP contribution in [-0.4, -0.2) is 43.6 Å². The zero-order valence-corrected chi connectivity index (χ0v) is 12.5. The second-order valence-electron chi connectivity index (χ2n) is 4.80. The third-order valence-corrected chi connectivity index (χ3v) is 4.40. The number of hydrogen-bond donors (Lipinski definition) is 1. The number of nitrogens with one attached hydrogen (secondary N) is 1. The van der Waals surface area contributed by atoms with Gasteiger partial charge in [0.05, 0.1) is 7.11 Å². The van der Waals surface area contributed by atoms with E-state index in [9.17, 15) is 4.79 Å². The maximum Gasteiger partial charge on any atom is 0.267 e. The average Bonchev–Trinajstić information content (AvgIpc) is 2.93. The van der Waals surface area contributed by atoms with E-state index < -0.39 is 0 Å². The quantitative estimate of drug-likeness (QED) is 0.901. The lowest BCUT2D eigenvalue weighted by Gasteiger charge is -2.34. The van der Waals surface area contributed by atoms with E-state index in [-0.39, 0.29) is 5.91 Å². The van der Waals surface area contributed by atoms with Gasteiger partial charge in [0.25, 0.3) is 5.91 Å². The van der Waals surface area contributed by atoms with Crippen LogP contribution in [0.5, 0.6) is 5.75 Å². The molecule has 106 valence electrons. The summed E-state index contributed by atoms with van der Waals surface area (Å²) in [5.41, 5.74) is 0. The van der Waals surface area contributed by atoms with Crippen molar-refractivity contribution in [2.45, 2.75) is 32.2 Å². The Balaban J connectivity index is 2.15. The standard InChI is InChI=1S/C14H22N2O2S/c1-3-9-16(11-4-7-15-8-5-11)14(17)13-12(18-2)6-10-19-13/h6,10-11,15H,3-5,7-9H2,1-2H3. The molecule has 0 aromatic carbocycles. The van der Waals surface area contributed by atoms with Crippen LogP contribution in [0.15, 0.2) is 11.4 Å². The molecule has 0 bridgehead atoms. The molecule has 0 spiro atoms. The van der Waals surface area contributed by atoms with Gasteiger partial charge in [-0.3, -0.25) is 4.79 Å². The fourth-order valence-corrected chi connectivity index (χ4v) is 3.37. The van der Waals surface area contributed by atoms with E-state index >= 15 is 0 Å². The van der Waals surface area contributed by atoms with Crippen molar-refractivity contribution in [3.8, 4) is 5.75 Å². The van der Waals surface area contributed by atoms with Crippen molar-refractivity contribution >= 4 is 17.2 Å². The van der Waals surface area contributed by atoms with E-state index in [2.05, 4.69) is 12.2 Å². The lowest BCUT2D eigenvalue weighted by Crippen LogP contribution is -2.46. The zero-order valence-electron chi connectivity index (χ0n) is 11.6. The summed E-state index contributed by atoms with van der Waals surface area (Å²) in [6.45, 7) is 4.94. The Morgan fingerprint density at radius 2 is 2.26 bits per heavy atom. The van der Waals surface area contributed by atoms with E-state index in [0.29, 0.717) is 11.8 Å². The van der Waals surface area contributed by atoms with Gasteiger partial charge in [0, 0.05) is 12.6 Å². The highest BCUT2D eigenvalue weighted by atomic mass is 32.1. The van der Waals surface area contributed by atoms with Crippen molar-refractivity contribution in [2.75, 3.05) is 26.7 Å². The van der Waals surface area contributed by atoms with Gasteiger partial charge in [-0.05, 0) is 43.8 Å². The van der Waals surface area contributed by atoms with Crippen LogP contribution in [0.3, 0.4) is 0 Å². The summed E-state index contributed by atoms with van der Waals surface area (Å²) in [4.78, 5) is 15.5. The van der Waals surface area contributed by atoms with Crippen LogP contribution in [0.2, 0.25) is 0 Å². The molecule has 1 aromatic heterocycles. The lowest BCUT2D eigenvalue weighted by molar-refractivity contribution is 0.0644. The molecule has 0 aliphatic carbocycles. The van der Waals surface area contributed by atoms with Crippen LogP contribution in [0.25, 0.3) is 0 Å². The van der Waals surface area contributed by atoms with Gasteiger partial charge in [-0.2, -0.15) is 0 Å². The minimum atomic E-state index is 0.126. The molecule has 0 radical (unpaired) electrons. The van der Waals surface area contributed by atoms with Crippen LogP contribution < -0.4 is 10.1 Å². The molecule has 1 aliphatic rings. The monoisotopic (exact) mass is 282 g/mol. The van der Waals surface area contributed by atoms with Gasteiger partial charge in [-0.15, -0.1) is 11.3 Å². The second-order valence-corrected chi connectivity index (χ2v) is 5.71. The molecule has 5 heteroatoms. The summed E-state index contributed by atoms with van der Waals surface area (Å²) in [5.74, 6) is 0.825. The molecule has 1 amide bonds. The van der Waals surface area contributed by atoms with Gasteiger partial charge in [0.15, 0.2) is 0 Å². The number of carbonyl (C=O) groups is 1. The smallest absolute Gasteiger partial charge is 0.267 e. The molecule has 1 aromatic rings. The number of ether oxygens (including phenoxy) is 1. The van der Waals surface area contributed by atoms with Gasteiger partial charge in [-0.25, -0.2) is 0 Å². The zero-order chi connectivity index (χ0) is 13.7. The number of piperidine rings is 1. The molecule has 4 nitrogen and oxygen atoms in total. The Hall–Kier alpha value is -1.07. The highest BCUT2D eigenvalue weighted by Gasteiger charge is 2.27. The first-order valence-corrected chi connectivity index (χ1v) is 7.79. The minimum absolute atomic E-state index is 0.126. The maximum atomic E-state index is 12.7. The molecule has 1 saturated heterocycles. The second kappa shape index (κ2) is 6.91. The molecule has 0 saturated carbocycles. The van der Waals surface area contributed by atoms with Crippen LogP contribution >= 0.6 is 11.3 Å². The number of hydrogen-bond acceptors (Lipinski definition) is 4. The van der Waals surface area contributed by atoms with Crippen LogP contribution in [0, 0.1) is 0 Å².